The number of nitrogens with zero attached hydrogens (tertiary/aromatic N) is 2. The molecule has 0 fully saturated rings. The van der Waals surface area contributed by atoms with Gasteiger partial charge in [0.05, 0.1) is 5.94 Å². The summed E-state index contributed by atoms with van der Waals surface area (Å²) < 4.78 is 0. The number of ketones is 2. The fourth-order valence-corrected chi connectivity index (χ4v) is 4.16. The van der Waals surface area contributed by atoms with Gasteiger partial charge in [-0.15, -0.1) is 0 Å². The van der Waals surface area contributed by atoms with E-state index in [9.17, 15) is 34.5 Å². The van der Waals surface area contributed by atoms with E-state index in [2.05, 4.69) is 10.3 Å². The van der Waals surface area contributed by atoms with Gasteiger partial charge in [-0.1, -0.05) is 62.4 Å². The van der Waals surface area contributed by atoms with Gasteiger partial charge in [0.2, 0.25) is 5.91 Å². The molecule has 12 nitrogen and oxygen atoms in total. The van der Waals surface area contributed by atoms with E-state index < -0.39 is 29.9 Å². The van der Waals surface area contributed by atoms with Crippen molar-refractivity contribution in [3.05, 3.63) is 46.0 Å². The van der Waals surface area contributed by atoms with Crippen LogP contribution in [0.3, 0.4) is 0 Å². The maximum Gasteiger partial charge on any atom is 0.475 e. The largest absolute Gasteiger partial charge is 0.475 e. The summed E-state index contributed by atoms with van der Waals surface area (Å²) in [5.41, 5.74) is 7.84. The van der Waals surface area contributed by atoms with Crippen LogP contribution in [0.25, 0.3) is 0 Å². The molecule has 39 heavy (non-hydrogen) atoms. The molecule has 1 rings (SSSR count). The van der Waals surface area contributed by atoms with Gasteiger partial charge in [0.1, 0.15) is 5.78 Å². The second-order valence-corrected chi connectivity index (χ2v) is 10.1. The molecule has 1 aromatic carbocycles. The van der Waals surface area contributed by atoms with E-state index in [1.165, 1.54) is 0 Å². The Morgan fingerprint density at radius 1 is 1.05 bits per heavy atom. The minimum absolute atomic E-state index is 0.0133. The van der Waals surface area contributed by atoms with Gasteiger partial charge in [0.15, 0.2) is 10.8 Å². The summed E-state index contributed by atoms with van der Waals surface area (Å²) in [7, 11) is -1.74. The number of nitro groups is 1. The molecule has 0 aliphatic carbocycles. The van der Waals surface area contributed by atoms with E-state index in [0.717, 1.165) is 19.3 Å². The van der Waals surface area contributed by atoms with Crippen molar-refractivity contribution < 1.29 is 29.5 Å². The molecule has 0 saturated carbocycles. The van der Waals surface area contributed by atoms with Crippen molar-refractivity contribution in [3.8, 4) is 0 Å². The number of amides is 1. The zero-order valence-corrected chi connectivity index (χ0v) is 22.9. The summed E-state index contributed by atoms with van der Waals surface area (Å²) in [6.07, 6.45) is 4.69. The quantitative estimate of drug-likeness (QED) is 0.0309. The minimum atomic E-state index is -1.74. The molecule has 1 amide bonds. The van der Waals surface area contributed by atoms with Crippen LogP contribution in [0.2, 0.25) is 0 Å². The Morgan fingerprint density at radius 3 is 2.28 bits per heavy atom. The van der Waals surface area contributed by atoms with Gasteiger partial charge < -0.3 is 21.1 Å². The molecule has 0 aliphatic rings. The molecule has 216 valence electrons. The van der Waals surface area contributed by atoms with E-state index in [1.54, 1.807) is 17.6 Å². The first-order chi connectivity index (χ1) is 18.5. The monoisotopic (exact) mass is 547 g/mol. The number of unbranched alkanes of at least 4 members (excludes halogenated alkanes) is 3. The SMILES string of the molecule is CC(C)C[C@H](NC(=O)[C@H](CCCN=C(N)N[N+](=O)[O-])CC(=O)CCCCCCC(=O)c1ccccc1)B(O)O. The van der Waals surface area contributed by atoms with Crippen LogP contribution < -0.4 is 16.5 Å². The molecule has 0 heterocycles. The minimum Gasteiger partial charge on any atom is -0.426 e. The molecular formula is C26H42BN5O7. The summed E-state index contributed by atoms with van der Waals surface area (Å²) in [5.74, 6) is -2.28. The van der Waals surface area contributed by atoms with Crippen molar-refractivity contribution in [3.63, 3.8) is 0 Å². The Balaban J connectivity index is 2.57. The molecule has 2 atom stereocenters. The van der Waals surface area contributed by atoms with Gasteiger partial charge in [-0.2, -0.15) is 0 Å². The predicted molar refractivity (Wildman–Crippen MR) is 149 cm³/mol. The average Bonchev–Trinajstić information content (AvgIpc) is 2.87. The van der Waals surface area contributed by atoms with E-state index in [4.69, 9.17) is 5.73 Å². The molecule has 0 bridgehead atoms. The molecule has 0 spiro atoms. The molecule has 0 radical (unpaired) electrons. The highest BCUT2D eigenvalue weighted by atomic mass is 16.7. The van der Waals surface area contributed by atoms with E-state index >= 15 is 0 Å². The van der Waals surface area contributed by atoms with Crippen molar-refractivity contribution in [2.24, 2.45) is 22.6 Å². The van der Waals surface area contributed by atoms with Crippen LogP contribution in [-0.4, -0.2) is 58.1 Å². The maximum absolute atomic E-state index is 13.0. The number of rotatable bonds is 20. The molecule has 13 heteroatoms. The Bertz CT molecular complexity index is 944. The summed E-state index contributed by atoms with van der Waals surface area (Å²) in [5, 5.41) is 31.6. The lowest BCUT2D eigenvalue weighted by Crippen LogP contribution is -2.49. The summed E-state index contributed by atoms with van der Waals surface area (Å²) >= 11 is 0. The van der Waals surface area contributed by atoms with Crippen LogP contribution in [0, 0.1) is 22.0 Å². The third-order valence-corrected chi connectivity index (χ3v) is 6.16. The zero-order valence-electron chi connectivity index (χ0n) is 22.9. The van der Waals surface area contributed by atoms with Crippen LogP contribution in [0.4, 0.5) is 0 Å². The number of Topliss-reactive ketones (excluding diaryl/α,β-unsaturated/α-hetero) is 2. The Labute approximate surface area is 230 Å². The van der Waals surface area contributed by atoms with Crippen molar-refractivity contribution in [2.45, 2.75) is 84.0 Å². The number of carbonyl (C=O) groups is 3. The number of guanidine groups is 1. The normalized spacial score (nSPS) is 13.0. The van der Waals surface area contributed by atoms with Gasteiger partial charge in [-0.25, -0.2) is 15.1 Å². The molecule has 0 aromatic heterocycles. The fraction of sp³-hybridized carbons (Fsp3) is 0.615. The number of hydrogen-bond donors (Lipinski definition) is 5. The summed E-state index contributed by atoms with van der Waals surface area (Å²) in [6.45, 7) is 3.90. The topological polar surface area (TPSA) is 197 Å². The number of nitrogens with two attached hydrogens (primary N) is 1. The van der Waals surface area contributed by atoms with E-state index in [1.807, 2.05) is 32.0 Å². The molecule has 6 N–H and O–H groups in total. The molecule has 0 unspecified atom stereocenters. The number of hydrogen-bond acceptors (Lipinski definition) is 8. The molecule has 0 aliphatic heterocycles. The lowest BCUT2D eigenvalue weighted by atomic mass is 9.74. The van der Waals surface area contributed by atoms with Crippen molar-refractivity contribution in [1.29, 1.82) is 0 Å². The number of nitrogens with one attached hydrogen (secondary N) is 2. The third-order valence-electron chi connectivity index (χ3n) is 6.16. The summed E-state index contributed by atoms with van der Waals surface area (Å²) in [6, 6.07) is 9.12. The second-order valence-electron chi connectivity index (χ2n) is 10.1. The number of hydrazine groups is 1. The third kappa shape index (κ3) is 15.6. The second kappa shape index (κ2) is 18.9. The number of aliphatic imine (C=N–C) groups is 1. The van der Waals surface area contributed by atoms with Gasteiger partial charge in [-0.3, -0.25) is 14.4 Å². The van der Waals surface area contributed by atoms with Gasteiger partial charge in [0.25, 0.3) is 5.96 Å². The van der Waals surface area contributed by atoms with Crippen LogP contribution >= 0.6 is 0 Å². The molecule has 1 aromatic rings. The predicted octanol–water partition coefficient (Wildman–Crippen LogP) is 2.20. The van der Waals surface area contributed by atoms with Crippen LogP contribution in [0.1, 0.15) is 88.4 Å². The first kappa shape index (κ1) is 33.7. The Morgan fingerprint density at radius 2 is 1.69 bits per heavy atom. The van der Waals surface area contributed by atoms with Gasteiger partial charge >= 0.3 is 7.12 Å². The first-order valence-corrected chi connectivity index (χ1v) is 13.5. The molecule has 0 saturated heterocycles. The van der Waals surface area contributed by atoms with Crippen molar-refractivity contribution >= 4 is 30.6 Å². The molecular weight excluding hydrogens is 505 g/mol. The van der Waals surface area contributed by atoms with E-state index in [-0.39, 0.29) is 42.8 Å². The average molecular weight is 547 g/mol. The standard InChI is InChI=1S/C26H42BN5O7/c1-19(2)17-24(27(36)37)30-25(35)21(13-10-16-29-26(28)31-32(38)39)18-22(33)14-8-3-4-9-15-23(34)20-11-6-5-7-12-20/h5-7,11-12,19,21,24,36-37H,3-4,8-10,13-18H2,1-2H3,(H,30,35)(H3,28,29,31)/t21-,24+/m1/s1. The lowest BCUT2D eigenvalue weighted by Gasteiger charge is -2.23. The number of carbonyl (C=O) groups excluding carboxylic acids is 3. The number of benzene rings is 1. The highest BCUT2D eigenvalue weighted by molar-refractivity contribution is 6.43. The van der Waals surface area contributed by atoms with Crippen LogP contribution in [0.5, 0.6) is 0 Å². The lowest BCUT2D eigenvalue weighted by molar-refractivity contribution is -0.525. The van der Waals surface area contributed by atoms with Gasteiger partial charge in [0, 0.05) is 37.3 Å². The zero-order chi connectivity index (χ0) is 29.2. The maximum atomic E-state index is 13.0. The van der Waals surface area contributed by atoms with Crippen molar-refractivity contribution in [1.82, 2.24) is 10.7 Å². The van der Waals surface area contributed by atoms with Gasteiger partial charge in [-0.05, 0) is 38.0 Å². The highest BCUT2D eigenvalue weighted by Gasteiger charge is 2.29. The fourth-order valence-electron chi connectivity index (χ4n) is 4.16. The Hall–Kier alpha value is -3.32. The van der Waals surface area contributed by atoms with Crippen LogP contribution in [0.15, 0.2) is 35.3 Å². The smallest absolute Gasteiger partial charge is 0.426 e. The highest BCUT2D eigenvalue weighted by Crippen LogP contribution is 2.17. The summed E-state index contributed by atoms with van der Waals surface area (Å²) in [4.78, 5) is 52.1. The Kier molecular flexibility index (Phi) is 16.3. The van der Waals surface area contributed by atoms with E-state index in [0.29, 0.717) is 37.7 Å². The van der Waals surface area contributed by atoms with Crippen molar-refractivity contribution in [2.75, 3.05) is 6.54 Å². The van der Waals surface area contributed by atoms with Crippen LogP contribution in [-0.2, 0) is 9.59 Å². The first-order valence-electron chi connectivity index (χ1n) is 13.5.